The van der Waals surface area contributed by atoms with Gasteiger partial charge in [0.1, 0.15) is 5.75 Å². The van der Waals surface area contributed by atoms with Crippen LogP contribution in [0.4, 0.5) is 0 Å². The number of benzene rings is 1. The summed E-state index contributed by atoms with van der Waals surface area (Å²) in [6, 6.07) is 5.18. The highest BCUT2D eigenvalue weighted by Gasteiger charge is 2.26. The van der Waals surface area contributed by atoms with Crippen LogP contribution < -0.4 is 10.1 Å². The zero-order valence-electron chi connectivity index (χ0n) is 11.2. The Morgan fingerprint density at radius 2 is 2.05 bits per heavy atom. The Hall–Kier alpha value is -0.820. The van der Waals surface area contributed by atoms with Gasteiger partial charge in [0, 0.05) is 26.1 Å². The van der Waals surface area contributed by atoms with Crippen molar-refractivity contribution in [2.45, 2.75) is 17.7 Å². The fraction of sp³-hybridized carbons (Fsp3) is 0.538. The summed E-state index contributed by atoms with van der Waals surface area (Å²) in [7, 11) is -3.37. The number of hydrogen-bond acceptors (Lipinski definition) is 4. The second kappa shape index (κ2) is 6.30. The van der Waals surface area contributed by atoms with Gasteiger partial charge in [-0.3, -0.25) is 0 Å². The van der Waals surface area contributed by atoms with Gasteiger partial charge < -0.3 is 10.1 Å². The van der Waals surface area contributed by atoms with Crippen LogP contribution in [0.1, 0.15) is 12.0 Å². The van der Waals surface area contributed by atoms with Crippen LogP contribution in [0.2, 0.25) is 0 Å². The third-order valence-electron chi connectivity index (χ3n) is 3.60. The molecule has 1 N–H and O–H groups in total. The predicted molar refractivity (Wildman–Crippen MR) is 79.1 cm³/mol. The van der Waals surface area contributed by atoms with Crippen molar-refractivity contribution >= 4 is 22.4 Å². The van der Waals surface area contributed by atoms with E-state index in [4.69, 9.17) is 4.74 Å². The number of fused-ring (bicyclic) bond motifs is 1. The van der Waals surface area contributed by atoms with E-state index < -0.39 is 10.0 Å². The number of hydrogen-bond donors (Lipinski definition) is 1. The number of nitrogens with zero attached hydrogens (tertiary/aromatic N) is 1. The van der Waals surface area contributed by atoms with Gasteiger partial charge >= 0.3 is 0 Å². The molecule has 0 saturated carbocycles. The summed E-state index contributed by atoms with van der Waals surface area (Å²) < 4.78 is 32.2. The quantitative estimate of drug-likeness (QED) is 0.885. The minimum absolute atomic E-state index is 0. The Morgan fingerprint density at radius 1 is 1.20 bits per heavy atom. The summed E-state index contributed by atoms with van der Waals surface area (Å²) in [4.78, 5) is 0.388. The number of nitrogens with one attached hydrogen (secondary N) is 1. The van der Waals surface area contributed by atoms with E-state index in [2.05, 4.69) is 5.32 Å². The number of halogens is 1. The Labute approximate surface area is 125 Å². The molecule has 0 atom stereocenters. The third-order valence-corrected chi connectivity index (χ3v) is 5.49. The van der Waals surface area contributed by atoms with Gasteiger partial charge in [-0.15, -0.1) is 12.4 Å². The fourth-order valence-electron chi connectivity index (χ4n) is 2.53. The first kappa shape index (κ1) is 15.6. The maximum atomic E-state index is 12.6. The van der Waals surface area contributed by atoms with E-state index in [1.54, 1.807) is 22.5 Å². The second-order valence-electron chi connectivity index (χ2n) is 4.88. The van der Waals surface area contributed by atoms with Gasteiger partial charge in [0.2, 0.25) is 10.0 Å². The maximum Gasteiger partial charge on any atom is 0.243 e. The van der Waals surface area contributed by atoms with Gasteiger partial charge in [-0.1, -0.05) is 0 Å². The smallest absolute Gasteiger partial charge is 0.243 e. The van der Waals surface area contributed by atoms with E-state index in [9.17, 15) is 8.42 Å². The molecule has 1 aromatic carbocycles. The Kier molecular flexibility index (Phi) is 4.90. The molecule has 2 aliphatic rings. The van der Waals surface area contributed by atoms with Crippen molar-refractivity contribution in [1.82, 2.24) is 9.62 Å². The lowest BCUT2D eigenvalue weighted by atomic mass is 10.2. The summed E-state index contributed by atoms with van der Waals surface area (Å²) in [6.07, 6.45) is 1.65. The van der Waals surface area contributed by atoms with Crippen molar-refractivity contribution < 1.29 is 13.2 Å². The minimum Gasteiger partial charge on any atom is -0.493 e. The monoisotopic (exact) mass is 318 g/mol. The first-order chi connectivity index (χ1) is 9.18. The Morgan fingerprint density at radius 3 is 2.90 bits per heavy atom. The Balaban J connectivity index is 0.00000147. The maximum absolute atomic E-state index is 12.6. The normalized spacial score (nSPS) is 19.6. The minimum atomic E-state index is -3.37. The molecule has 5 nitrogen and oxygen atoms in total. The van der Waals surface area contributed by atoms with E-state index in [0.717, 1.165) is 30.7 Å². The molecule has 0 spiro atoms. The van der Waals surface area contributed by atoms with Crippen LogP contribution in [0, 0.1) is 0 Å². The van der Waals surface area contributed by atoms with E-state index in [-0.39, 0.29) is 12.4 Å². The second-order valence-corrected chi connectivity index (χ2v) is 6.81. The van der Waals surface area contributed by atoms with Crippen molar-refractivity contribution in [3.63, 3.8) is 0 Å². The van der Waals surface area contributed by atoms with Gasteiger partial charge in [0.15, 0.2) is 0 Å². The predicted octanol–water partition coefficient (Wildman–Crippen LogP) is 1.03. The van der Waals surface area contributed by atoms with Gasteiger partial charge in [-0.25, -0.2) is 8.42 Å². The molecule has 0 aromatic heterocycles. The molecule has 1 saturated heterocycles. The standard InChI is InChI=1S/C13H18N2O3S.ClH/c16-19(17,15-7-1-5-14-6-8-15)12-2-3-13-11(10-12)4-9-18-13;/h2-3,10,14H,1,4-9H2;1H. The first-order valence-corrected chi connectivity index (χ1v) is 8.08. The van der Waals surface area contributed by atoms with E-state index in [1.165, 1.54) is 0 Å². The molecule has 20 heavy (non-hydrogen) atoms. The fourth-order valence-corrected chi connectivity index (χ4v) is 4.06. The molecular formula is C13H19ClN2O3S. The molecule has 7 heteroatoms. The molecule has 112 valence electrons. The molecule has 2 heterocycles. The van der Waals surface area contributed by atoms with E-state index >= 15 is 0 Å². The molecule has 0 bridgehead atoms. The molecule has 3 rings (SSSR count). The van der Waals surface area contributed by atoms with Crippen LogP contribution in [0.3, 0.4) is 0 Å². The highest BCUT2D eigenvalue weighted by Crippen LogP contribution is 2.28. The van der Waals surface area contributed by atoms with E-state index in [1.807, 2.05) is 0 Å². The van der Waals surface area contributed by atoms with Crippen LogP contribution in [0.15, 0.2) is 23.1 Å². The number of sulfonamides is 1. The molecule has 0 radical (unpaired) electrons. The molecule has 1 fully saturated rings. The third kappa shape index (κ3) is 2.93. The summed E-state index contributed by atoms with van der Waals surface area (Å²) in [5, 5.41) is 3.22. The number of ether oxygens (including phenoxy) is 1. The van der Waals surface area contributed by atoms with Gasteiger partial charge in [0.05, 0.1) is 11.5 Å². The van der Waals surface area contributed by atoms with Crippen molar-refractivity contribution in [3.8, 4) is 5.75 Å². The van der Waals surface area contributed by atoms with Gasteiger partial charge in [0.25, 0.3) is 0 Å². The first-order valence-electron chi connectivity index (χ1n) is 6.64. The van der Waals surface area contributed by atoms with E-state index in [0.29, 0.717) is 31.1 Å². The summed E-state index contributed by atoms with van der Waals surface area (Å²) in [5.41, 5.74) is 0.994. The zero-order chi connectivity index (χ0) is 13.3. The van der Waals surface area contributed by atoms with Crippen molar-refractivity contribution in [1.29, 1.82) is 0 Å². The SMILES string of the molecule is Cl.O=S(=O)(c1ccc2c(c1)CCO2)N1CCCNCC1. The topological polar surface area (TPSA) is 58.6 Å². The molecule has 2 aliphatic heterocycles. The lowest BCUT2D eigenvalue weighted by Gasteiger charge is -2.19. The average Bonchev–Trinajstić information content (AvgIpc) is 2.69. The van der Waals surface area contributed by atoms with Crippen LogP contribution >= 0.6 is 12.4 Å². The van der Waals surface area contributed by atoms with Crippen LogP contribution in [0.25, 0.3) is 0 Å². The largest absolute Gasteiger partial charge is 0.493 e. The van der Waals surface area contributed by atoms with Gasteiger partial charge in [-0.2, -0.15) is 4.31 Å². The highest BCUT2D eigenvalue weighted by atomic mass is 35.5. The van der Waals surface area contributed by atoms with Crippen LogP contribution in [-0.2, 0) is 16.4 Å². The Bertz CT molecular complexity index is 569. The molecule has 1 aromatic rings. The van der Waals surface area contributed by atoms with Crippen molar-refractivity contribution in [3.05, 3.63) is 23.8 Å². The summed E-state index contributed by atoms with van der Waals surface area (Å²) in [5.74, 6) is 0.816. The molecule has 0 amide bonds. The lowest BCUT2D eigenvalue weighted by Crippen LogP contribution is -2.34. The molecule has 0 unspecified atom stereocenters. The number of rotatable bonds is 2. The lowest BCUT2D eigenvalue weighted by molar-refractivity contribution is 0.356. The molecular weight excluding hydrogens is 300 g/mol. The molecule has 0 aliphatic carbocycles. The summed E-state index contributed by atoms with van der Waals surface area (Å²) >= 11 is 0. The van der Waals surface area contributed by atoms with Gasteiger partial charge in [-0.05, 0) is 36.7 Å². The zero-order valence-corrected chi connectivity index (χ0v) is 12.8. The van der Waals surface area contributed by atoms with Crippen LogP contribution in [-0.4, -0.2) is 45.5 Å². The van der Waals surface area contributed by atoms with Crippen molar-refractivity contribution in [2.75, 3.05) is 32.8 Å². The van der Waals surface area contributed by atoms with Crippen molar-refractivity contribution in [2.24, 2.45) is 0 Å². The summed E-state index contributed by atoms with van der Waals surface area (Å²) in [6.45, 7) is 3.36. The average molecular weight is 319 g/mol. The van der Waals surface area contributed by atoms with Crippen LogP contribution in [0.5, 0.6) is 5.75 Å². The highest BCUT2D eigenvalue weighted by molar-refractivity contribution is 7.89.